The van der Waals surface area contributed by atoms with Crippen LogP contribution >= 0.6 is 0 Å². The van der Waals surface area contributed by atoms with Crippen molar-refractivity contribution < 1.29 is 17.9 Å². The standard InChI is InChI=1S/C10H21NO4S/c1-5-10(2,3)11-16(13,14)8-6-7-9(12)15-4/h11H,5-8H2,1-4H3. The van der Waals surface area contributed by atoms with Gasteiger partial charge in [0.15, 0.2) is 0 Å². The fraction of sp³-hybridized carbons (Fsp3) is 0.900. The van der Waals surface area contributed by atoms with Crippen LogP contribution in [0, 0.1) is 0 Å². The van der Waals surface area contributed by atoms with Crippen molar-refractivity contribution in [2.45, 2.75) is 45.6 Å². The summed E-state index contributed by atoms with van der Waals surface area (Å²) in [6.45, 7) is 5.56. The van der Waals surface area contributed by atoms with Crippen LogP contribution in [-0.2, 0) is 19.6 Å². The Labute approximate surface area is 97.6 Å². The number of methoxy groups -OCH3 is 1. The minimum absolute atomic E-state index is 0.0501. The number of rotatable bonds is 7. The summed E-state index contributed by atoms with van der Waals surface area (Å²) in [4.78, 5) is 10.8. The number of carbonyl (C=O) groups excluding carboxylic acids is 1. The molecule has 0 saturated heterocycles. The summed E-state index contributed by atoms with van der Waals surface area (Å²) >= 11 is 0. The van der Waals surface area contributed by atoms with E-state index in [0.29, 0.717) is 6.42 Å². The van der Waals surface area contributed by atoms with E-state index in [2.05, 4.69) is 9.46 Å². The van der Waals surface area contributed by atoms with Gasteiger partial charge in [-0.15, -0.1) is 0 Å². The molecule has 16 heavy (non-hydrogen) atoms. The summed E-state index contributed by atoms with van der Waals surface area (Å²) in [5, 5.41) is 0. The second-order valence-electron chi connectivity index (χ2n) is 4.34. The minimum atomic E-state index is -3.31. The van der Waals surface area contributed by atoms with Crippen molar-refractivity contribution in [3.05, 3.63) is 0 Å². The molecule has 96 valence electrons. The minimum Gasteiger partial charge on any atom is -0.469 e. The molecule has 0 heterocycles. The Bertz CT molecular complexity index is 322. The van der Waals surface area contributed by atoms with E-state index in [0.717, 1.165) is 0 Å². The molecule has 0 rings (SSSR count). The van der Waals surface area contributed by atoms with E-state index in [4.69, 9.17) is 0 Å². The molecule has 0 saturated carbocycles. The van der Waals surface area contributed by atoms with E-state index in [1.165, 1.54) is 7.11 Å². The number of carbonyl (C=O) groups is 1. The van der Waals surface area contributed by atoms with E-state index in [1.807, 2.05) is 20.8 Å². The molecule has 0 aliphatic heterocycles. The third-order valence-electron chi connectivity index (χ3n) is 2.34. The number of hydrogen-bond donors (Lipinski definition) is 1. The molecule has 0 aliphatic rings. The lowest BCUT2D eigenvalue weighted by atomic mass is 10.0. The smallest absolute Gasteiger partial charge is 0.305 e. The van der Waals surface area contributed by atoms with Crippen LogP contribution in [0.15, 0.2) is 0 Å². The van der Waals surface area contributed by atoms with Gasteiger partial charge in [0, 0.05) is 12.0 Å². The van der Waals surface area contributed by atoms with Crippen LogP contribution in [0.25, 0.3) is 0 Å². The molecule has 0 aromatic heterocycles. The van der Waals surface area contributed by atoms with Crippen LogP contribution in [0.2, 0.25) is 0 Å². The normalized spacial score (nSPS) is 12.5. The summed E-state index contributed by atoms with van der Waals surface area (Å²) in [5.74, 6) is -0.434. The van der Waals surface area contributed by atoms with Gasteiger partial charge in [-0.1, -0.05) is 6.92 Å². The summed E-state index contributed by atoms with van der Waals surface area (Å²) in [5.41, 5.74) is -0.440. The van der Waals surface area contributed by atoms with Gasteiger partial charge in [0.1, 0.15) is 0 Å². The highest BCUT2D eigenvalue weighted by molar-refractivity contribution is 7.89. The zero-order valence-corrected chi connectivity index (χ0v) is 11.2. The van der Waals surface area contributed by atoms with Crippen molar-refractivity contribution in [3.63, 3.8) is 0 Å². The van der Waals surface area contributed by atoms with Gasteiger partial charge in [-0.3, -0.25) is 4.79 Å². The fourth-order valence-electron chi connectivity index (χ4n) is 1.05. The third-order valence-corrected chi connectivity index (χ3v) is 4.03. The summed E-state index contributed by atoms with van der Waals surface area (Å²) in [7, 11) is -2.03. The van der Waals surface area contributed by atoms with Gasteiger partial charge in [-0.2, -0.15) is 0 Å². The molecule has 0 aromatic carbocycles. The number of sulfonamides is 1. The molecule has 0 fully saturated rings. The average Bonchev–Trinajstić information content (AvgIpc) is 2.15. The number of ether oxygens (including phenoxy) is 1. The van der Waals surface area contributed by atoms with Crippen molar-refractivity contribution in [3.8, 4) is 0 Å². The molecule has 0 bridgehead atoms. The van der Waals surface area contributed by atoms with Crippen molar-refractivity contribution >= 4 is 16.0 Å². The van der Waals surface area contributed by atoms with E-state index in [1.54, 1.807) is 0 Å². The molecule has 0 aromatic rings. The first kappa shape index (κ1) is 15.4. The maximum atomic E-state index is 11.6. The van der Waals surface area contributed by atoms with Crippen molar-refractivity contribution in [1.29, 1.82) is 0 Å². The molecular formula is C10H21NO4S. The molecule has 5 nitrogen and oxygen atoms in total. The van der Waals surface area contributed by atoms with Crippen molar-refractivity contribution in [2.75, 3.05) is 12.9 Å². The van der Waals surface area contributed by atoms with Crippen LogP contribution in [0.4, 0.5) is 0 Å². The van der Waals surface area contributed by atoms with Crippen LogP contribution < -0.4 is 4.72 Å². The van der Waals surface area contributed by atoms with E-state index < -0.39 is 15.6 Å². The third kappa shape index (κ3) is 6.79. The van der Waals surface area contributed by atoms with Gasteiger partial charge >= 0.3 is 5.97 Å². The predicted octanol–water partition coefficient (Wildman–Crippen LogP) is 1.05. The fourth-order valence-corrected chi connectivity index (χ4v) is 2.67. The highest BCUT2D eigenvalue weighted by Crippen LogP contribution is 2.09. The van der Waals surface area contributed by atoms with E-state index in [9.17, 15) is 13.2 Å². The molecule has 0 aliphatic carbocycles. The molecule has 1 N–H and O–H groups in total. The highest BCUT2D eigenvalue weighted by atomic mass is 32.2. The largest absolute Gasteiger partial charge is 0.469 e. The van der Waals surface area contributed by atoms with Crippen LogP contribution in [-0.4, -0.2) is 32.8 Å². The topological polar surface area (TPSA) is 72.5 Å². The lowest BCUT2D eigenvalue weighted by Gasteiger charge is -2.23. The Morgan fingerprint density at radius 3 is 2.38 bits per heavy atom. The lowest BCUT2D eigenvalue weighted by Crippen LogP contribution is -2.43. The van der Waals surface area contributed by atoms with Gasteiger partial charge in [-0.25, -0.2) is 13.1 Å². The number of esters is 1. The number of nitrogens with one attached hydrogen (secondary N) is 1. The molecule has 6 heteroatoms. The second-order valence-corrected chi connectivity index (χ2v) is 6.18. The molecule has 0 radical (unpaired) electrons. The zero-order chi connectivity index (χ0) is 12.8. The maximum Gasteiger partial charge on any atom is 0.305 e. The first-order valence-electron chi connectivity index (χ1n) is 5.31. The first-order valence-corrected chi connectivity index (χ1v) is 6.96. The molecule has 0 amide bonds. The average molecular weight is 251 g/mol. The van der Waals surface area contributed by atoms with E-state index in [-0.39, 0.29) is 24.6 Å². The van der Waals surface area contributed by atoms with E-state index >= 15 is 0 Å². The summed E-state index contributed by atoms with van der Waals surface area (Å²) in [6, 6.07) is 0. The second kappa shape index (κ2) is 6.20. The molecule has 0 atom stereocenters. The Hall–Kier alpha value is -0.620. The number of hydrogen-bond acceptors (Lipinski definition) is 4. The van der Waals surface area contributed by atoms with Crippen molar-refractivity contribution in [1.82, 2.24) is 4.72 Å². The quantitative estimate of drug-likeness (QED) is 0.686. The Morgan fingerprint density at radius 2 is 1.94 bits per heavy atom. The van der Waals surface area contributed by atoms with Gasteiger partial charge in [0.05, 0.1) is 12.9 Å². The first-order chi connectivity index (χ1) is 7.22. The van der Waals surface area contributed by atoms with Gasteiger partial charge in [0.25, 0.3) is 0 Å². The summed E-state index contributed by atoms with van der Waals surface area (Å²) < 4.78 is 30.3. The van der Waals surface area contributed by atoms with Gasteiger partial charge in [-0.05, 0) is 26.7 Å². The van der Waals surface area contributed by atoms with Gasteiger partial charge < -0.3 is 4.74 Å². The zero-order valence-electron chi connectivity index (χ0n) is 10.4. The van der Waals surface area contributed by atoms with Crippen LogP contribution in [0.3, 0.4) is 0 Å². The Kier molecular flexibility index (Phi) is 5.96. The Morgan fingerprint density at radius 1 is 1.38 bits per heavy atom. The molecule has 0 spiro atoms. The molecular weight excluding hydrogens is 230 g/mol. The lowest BCUT2D eigenvalue weighted by molar-refractivity contribution is -0.140. The monoisotopic (exact) mass is 251 g/mol. The SMILES string of the molecule is CCC(C)(C)NS(=O)(=O)CCCC(=O)OC. The highest BCUT2D eigenvalue weighted by Gasteiger charge is 2.22. The van der Waals surface area contributed by atoms with Crippen molar-refractivity contribution in [2.24, 2.45) is 0 Å². The Balaban J connectivity index is 4.12. The van der Waals surface area contributed by atoms with Crippen LogP contribution in [0.1, 0.15) is 40.0 Å². The van der Waals surface area contributed by atoms with Crippen LogP contribution in [0.5, 0.6) is 0 Å². The maximum absolute atomic E-state index is 11.6. The van der Waals surface area contributed by atoms with Gasteiger partial charge in [0.2, 0.25) is 10.0 Å². The predicted molar refractivity (Wildman–Crippen MR) is 62.5 cm³/mol. The summed E-state index contributed by atoms with van der Waals surface area (Å²) in [6.07, 6.45) is 1.12. The molecule has 0 unspecified atom stereocenters.